The van der Waals surface area contributed by atoms with E-state index in [4.69, 9.17) is 5.11 Å². The van der Waals surface area contributed by atoms with E-state index in [0.29, 0.717) is 12.6 Å². The minimum Gasteiger partial charge on any atom is -0.396 e. The summed E-state index contributed by atoms with van der Waals surface area (Å²) in [5.41, 5.74) is -0.0422. The highest BCUT2D eigenvalue weighted by atomic mass is 16.3. The summed E-state index contributed by atoms with van der Waals surface area (Å²) in [5, 5.41) is 15.1. The average molecular weight is 270 g/mol. The maximum Gasteiger partial charge on any atom is 0.315 e. The lowest BCUT2D eigenvalue weighted by molar-refractivity contribution is 0.148. The van der Waals surface area contributed by atoms with Gasteiger partial charge in [-0.15, -0.1) is 0 Å². The number of carbonyl (C=O) groups excluding carboxylic acids is 1. The minimum atomic E-state index is -0.0422. The maximum atomic E-state index is 11.7. The summed E-state index contributed by atoms with van der Waals surface area (Å²) in [4.78, 5) is 11.7. The van der Waals surface area contributed by atoms with E-state index < -0.39 is 0 Å². The predicted octanol–water partition coefficient (Wildman–Crippen LogP) is 2.81. The summed E-state index contributed by atoms with van der Waals surface area (Å²) in [7, 11) is 0. The molecule has 1 aliphatic carbocycles. The Morgan fingerprint density at radius 1 is 1.21 bits per heavy atom. The summed E-state index contributed by atoms with van der Waals surface area (Å²) in [6, 6.07) is 0.324. The first-order valence-electron chi connectivity index (χ1n) is 7.69. The van der Waals surface area contributed by atoms with Gasteiger partial charge >= 0.3 is 6.03 Å². The molecule has 1 fully saturated rings. The molecule has 0 aromatic carbocycles. The number of nitrogens with one attached hydrogen (secondary N) is 2. The van der Waals surface area contributed by atoms with Crippen molar-refractivity contribution in [2.24, 2.45) is 5.41 Å². The van der Waals surface area contributed by atoms with Crippen LogP contribution in [0.4, 0.5) is 4.79 Å². The zero-order chi connectivity index (χ0) is 14.1. The number of aliphatic hydroxyl groups is 1. The third-order valence-corrected chi connectivity index (χ3v) is 3.93. The molecule has 4 heteroatoms. The molecule has 0 atom stereocenters. The first-order valence-corrected chi connectivity index (χ1v) is 7.69. The normalized spacial score (nSPS) is 17.8. The quantitative estimate of drug-likeness (QED) is 0.513. The van der Waals surface area contributed by atoms with Gasteiger partial charge in [-0.2, -0.15) is 0 Å². The van der Waals surface area contributed by atoms with Gasteiger partial charge < -0.3 is 15.7 Å². The molecule has 112 valence electrons. The second kappa shape index (κ2) is 8.41. The van der Waals surface area contributed by atoms with Gasteiger partial charge in [-0.3, -0.25) is 0 Å². The molecule has 0 heterocycles. The number of amides is 2. The molecule has 1 rings (SSSR count). The van der Waals surface area contributed by atoms with Crippen LogP contribution in [0.2, 0.25) is 0 Å². The lowest BCUT2D eigenvalue weighted by Gasteiger charge is -2.21. The van der Waals surface area contributed by atoms with Crippen molar-refractivity contribution in [2.75, 3.05) is 13.2 Å². The van der Waals surface area contributed by atoms with E-state index in [0.717, 1.165) is 25.7 Å². The minimum absolute atomic E-state index is 0.0336. The number of aliphatic hydroxyl groups excluding tert-OH is 1. The number of urea groups is 1. The van der Waals surface area contributed by atoms with E-state index in [-0.39, 0.29) is 18.1 Å². The molecule has 19 heavy (non-hydrogen) atoms. The number of carbonyl (C=O) groups is 1. The molecule has 1 aliphatic rings. The Labute approximate surface area is 117 Å². The molecule has 0 radical (unpaired) electrons. The topological polar surface area (TPSA) is 61.4 Å². The molecule has 0 saturated heterocycles. The Hall–Kier alpha value is -0.770. The highest BCUT2D eigenvalue weighted by molar-refractivity contribution is 5.74. The number of hydrogen-bond acceptors (Lipinski definition) is 2. The summed E-state index contributed by atoms with van der Waals surface area (Å²) < 4.78 is 0. The SMILES string of the molecule is CC(C)(CO)CCCNC(=O)NC1CCCCCC1. The fourth-order valence-corrected chi connectivity index (χ4v) is 2.51. The molecule has 0 aliphatic heterocycles. The summed E-state index contributed by atoms with van der Waals surface area (Å²) in [5.74, 6) is 0. The Bertz CT molecular complexity index is 259. The largest absolute Gasteiger partial charge is 0.396 e. The fraction of sp³-hybridized carbons (Fsp3) is 0.933. The Balaban J connectivity index is 2.10. The Morgan fingerprint density at radius 3 is 2.42 bits per heavy atom. The van der Waals surface area contributed by atoms with E-state index in [1.807, 2.05) is 13.8 Å². The molecule has 1 saturated carbocycles. The highest BCUT2D eigenvalue weighted by Gasteiger charge is 2.16. The zero-order valence-corrected chi connectivity index (χ0v) is 12.5. The fourth-order valence-electron chi connectivity index (χ4n) is 2.51. The number of rotatable bonds is 6. The zero-order valence-electron chi connectivity index (χ0n) is 12.5. The summed E-state index contributed by atoms with van der Waals surface area (Å²) >= 11 is 0. The van der Waals surface area contributed by atoms with Crippen molar-refractivity contribution in [1.29, 1.82) is 0 Å². The van der Waals surface area contributed by atoms with E-state index in [2.05, 4.69) is 10.6 Å². The molecule has 2 amide bonds. The van der Waals surface area contributed by atoms with Gasteiger partial charge in [0.2, 0.25) is 0 Å². The van der Waals surface area contributed by atoms with Crippen LogP contribution in [-0.4, -0.2) is 30.3 Å². The molecule has 0 aromatic heterocycles. The van der Waals surface area contributed by atoms with Crippen molar-refractivity contribution in [1.82, 2.24) is 10.6 Å². The molecule has 0 bridgehead atoms. The van der Waals surface area contributed by atoms with Crippen LogP contribution in [0.15, 0.2) is 0 Å². The van der Waals surface area contributed by atoms with Gasteiger partial charge in [0.15, 0.2) is 0 Å². The Morgan fingerprint density at radius 2 is 1.84 bits per heavy atom. The molecule has 4 nitrogen and oxygen atoms in total. The smallest absolute Gasteiger partial charge is 0.315 e. The molecule has 0 aromatic rings. The van der Waals surface area contributed by atoms with Crippen LogP contribution in [-0.2, 0) is 0 Å². The third kappa shape index (κ3) is 7.41. The van der Waals surface area contributed by atoms with Crippen LogP contribution < -0.4 is 10.6 Å². The van der Waals surface area contributed by atoms with E-state index in [9.17, 15) is 4.79 Å². The molecular formula is C15H30N2O2. The van der Waals surface area contributed by atoms with Crippen molar-refractivity contribution < 1.29 is 9.90 Å². The van der Waals surface area contributed by atoms with Crippen molar-refractivity contribution in [3.63, 3.8) is 0 Å². The Kier molecular flexibility index (Phi) is 7.21. The van der Waals surface area contributed by atoms with Crippen LogP contribution in [0, 0.1) is 5.41 Å². The maximum absolute atomic E-state index is 11.7. The van der Waals surface area contributed by atoms with Crippen LogP contribution in [0.1, 0.15) is 65.2 Å². The van der Waals surface area contributed by atoms with Gasteiger partial charge in [0.1, 0.15) is 0 Å². The highest BCUT2D eigenvalue weighted by Crippen LogP contribution is 2.20. The van der Waals surface area contributed by atoms with E-state index in [1.54, 1.807) is 0 Å². The first kappa shape index (κ1) is 16.3. The van der Waals surface area contributed by atoms with Gasteiger partial charge in [-0.1, -0.05) is 39.5 Å². The molecule has 3 N–H and O–H groups in total. The standard InChI is InChI=1S/C15H30N2O2/c1-15(2,12-18)10-7-11-16-14(19)17-13-8-5-3-4-6-9-13/h13,18H,3-12H2,1-2H3,(H2,16,17,19). The predicted molar refractivity (Wildman–Crippen MR) is 78.1 cm³/mol. The van der Waals surface area contributed by atoms with Crippen LogP contribution in [0.3, 0.4) is 0 Å². The summed E-state index contributed by atoms with van der Waals surface area (Å²) in [6.45, 7) is 4.96. The van der Waals surface area contributed by atoms with Crippen LogP contribution >= 0.6 is 0 Å². The van der Waals surface area contributed by atoms with E-state index >= 15 is 0 Å². The lowest BCUT2D eigenvalue weighted by Crippen LogP contribution is -2.42. The second-order valence-corrected chi connectivity index (χ2v) is 6.51. The molecular weight excluding hydrogens is 240 g/mol. The van der Waals surface area contributed by atoms with Crippen LogP contribution in [0.5, 0.6) is 0 Å². The van der Waals surface area contributed by atoms with Gasteiger partial charge in [0.05, 0.1) is 0 Å². The number of hydrogen-bond donors (Lipinski definition) is 3. The lowest BCUT2D eigenvalue weighted by atomic mass is 9.89. The van der Waals surface area contributed by atoms with Crippen molar-refractivity contribution in [2.45, 2.75) is 71.3 Å². The summed E-state index contributed by atoms with van der Waals surface area (Å²) in [6.07, 6.45) is 9.13. The first-order chi connectivity index (χ1) is 9.03. The molecule has 0 spiro atoms. The third-order valence-electron chi connectivity index (χ3n) is 3.93. The van der Waals surface area contributed by atoms with Gasteiger partial charge in [0, 0.05) is 19.2 Å². The van der Waals surface area contributed by atoms with Crippen molar-refractivity contribution >= 4 is 6.03 Å². The van der Waals surface area contributed by atoms with Gasteiger partial charge in [-0.25, -0.2) is 4.79 Å². The average Bonchev–Trinajstić information content (AvgIpc) is 2.63. The van der Waals surface area contributed by atoms with E-state index in [1.165, 1.54) is 25.7 Å². The molecule has 0 unspecified atom stereocenters. The monoisotopic (exact) mass is 270 g/mol. The van der Waals surface area contributed by atoms with Crippen molar-refractivity contribution in [3.8, 4) is 0 Å². The van der Waals surface area contributed by atoms with Gasteiger partial charge in [0.25, 0.3) is 0 Å². The second-order valence-electron chi connectivity index (χ2n) is 6.51. The van der Waals surface area contributed by atoms with Crippen molar-refractivity contribution in [3.05, 3.63) is 0 Å². The van der Waals surface area contributed by atoms with Gasteiger partial charge in [-0.05, 0) is 31.1 Å². The van der Waals surface area contributed by atoms with Crippen LogP contribution in [0.25, 0.3) is 0 Å².